The molecule has 1 aromatic carbocycles. The first kappa shape index (κ1) is 24.5. The van der Waals surface area contributed by atoms with E-state index >= 15 is 0 Å². The molecule has 8 nitrogen and oxygen atoms in total. The van der Waals surface area contributed by atoms with Gasteiger partial charge in [-0.25, -0.2) is 9.18 Å². The molecule has 3 aromatic rings. The first-order chi connectivity index (χ1) is 16.4. The molecule has 1 amide bonds. The second-order valence-corrected chi connectivity index (χ2v) is 9.85. The summed E-state index contributed by atoms with van der Waals surface area (Å²) in [6.07, 6.45) is 2.72. The number of benzene rings is 1. The molecule has 0 saturated carbocycles. The van der Waals surface area contributed by atoms with Gasteiger partial charge in [-0.15, -0.1) is 21.5 Å². The molecule has 2 heterocycles. The highest BCUT2D eigenvalue weighted by Gasteiger charge is 2.28. The Labute approximate surface area is 208 Å². The number of nitrogens with zero attached hydrogens (tertiary/aromatic N) is 3. The number of amides is 1. The number of rotatable bonds is 9. The molecule has 34 heavy (non-hydrogen) atoms. The fraction of sp³-hybridized carbons (Fsp3) is 0.364. The van der Waals surface area contributed by atoms with Crippen LogP contribution in [0.5, 0.6) is 5.75 Å². The van der Waals surface area contributed by atoms with Gasteiger partial charge >= 0.3 is 5.97 Å². The number of ether oxygens (including phenoxy) is 2. The van der Waals surface area contributed by atoms with Crippen LogP contribution in [-0.2, 0) is 35.5 Å². The second-order valence-electron chi connectivity index (χ2n) is 7.40. The van der Waals surface area contributed by atoms with Crippen molar-refractivity contribution in [1.82, 2.24) is 14.8 Å². The van der Waals surface area contributed by atoms with Crippen molar-refractivity contribution in [2.75, 3.05) is 18.2 Å². The van der Waals surface area contributed by atoms with E-state index in [1.54, 1.807) is 0 Å². The molecule has 2 aromatic heterocycles. The summed E-state index contributed by atoms with van der Waals surface area (Å²) >= 11 is 8.46. The Hall–Kier alpha value is -2.63. The molecule has 1 aliphatic carbocycles. The van der Waals surface area contributed by atoms with Crippen molar-refractivity contribution in [2.45, 2.75) is 44.5 Å². The Morgan fingerprint density at radius 2 is 2.15 bits per heavy atom. The number of aromatic nitrogens is 3. The maximum Gasteiger partial charge on any atom is 0.341 e. The van der Waals surface area contributed by atoms with Gasteiger partial charge in [0.25, 0.3) is 0 Å². The van der Waals surface area contributed by atoms with Crippen LogP contribution in [0.3, 0.4) is 0 Å². The molecule has 0 radical (unpaired) electrons. The van der Waals surface area contributed by atoms with Gasteiger partial charge < -0.3 is 19.4 Å². The summed E-state index contributed by atoms with van der Waals surface area (Å²) in [4.78, 5) is 26.0. The molecular weight excluding hydrogens is 503 g/mol. The maximum atomic E-state index is 13.3. The fourth-order valence-electron chi connectivity index (χ4n) is 3.67. The summed E-state index contributed by atoms with van der Waals surface area (Å²) in [6, 6.07) is 4.11. The highest BCUT2D eigenvalue weighted by atomic mass is 35.5. The molecule has 1 N–H and O–H groups in total. The molecule has 0 bridgehead atoms. The lowest BCUT2D eigenvalue weighted by Gasteiger charge is -2.09. The van der Waals surface area contributed by atoms with E-state index in [1.807, 2.05) is 11.5 Å². The molecule has 4 rings (SSSR count). The summed E-state index contributed by atoms with van der Waals surface area (Å²) in [5, 5.41) is 12.3. The van der Waals surface area contributed by atoms with Gasteiger partial charge in [0, 0.05) is 17.5 Å². The minimum Gasteiger partial charge on any atom is -0.486 e. The number of hydrogen-bond acceptors (Lipinski definition) is 8. The summed E-state index contributed by atoms with van der Waals surface area (Å²) in [5.74, 6) is -0.132. The van der Waals surface area contributed by atoms with Gasteiger partial charge in [-0.1, -0.05) is 23.4 Å². The predicted octanol–water partition coefficient (Wildman–Crippen LogP) is 4.74. The number of fused-ring (bicyclic) bond motifs is 1. The second kappa shape index (κ2) is 10.7. The number of halogens is 2. The average molecular weight is 525 g/mol. The minimum absolute atomic E-state index is 0.0250. The number of aryl methyl sites for hydroxylation is 1. The molecule has 1 aliphatic rings. The van der Waals surface area contributed by atoms with Gasteiger partial charge in [-0.2, -0.15) is 0 Å². The summed E-state index contributed by atoms with van der Waals surface area (Å²) in [5.41, 5.74) is 1.45. The van der Waals surface area contributed by atoms with E-state index < -0.39 is 11.8 Å². The molecule has 0 fully saturated rings. The fourth-order valence-corrected chi connectivity index (χ4v) is 5.95. The number of esters is 1. The molecule has 0 spiro atoms. The van der Waals surface area contributed by atoms with E-state index in [9.17, 15) is 14.0 Å². The molecule has 0 atom stereocenters. The number of carbonyl (C=O) groups is 2. The third kappa shape index (κ3) is 5.21. The van der Waals surface area contributed by atoms with E-state index in [-0.39, 0.29) is 23.3 Å². The van der Waals surface area contributed by atoms with Crippen molar-refractivity contribution in [2.24, 2.45) is 0 Å². The SMILES string of the molecule is CCn1c(COc2ccc(F)c(Cl)c2)nnc1SCC(=O)Nc1sc2c(c1C(=O)OC)CCC2. The first-order valence-corrected chi connectivity index (χ1v) is 12.7. The lowest BCUT2D eigenvalue weighted by molar-refractivity contribution is -0.113. The highest BCUT2D eigenvalue weighted by molar-refractivity contribution is 7.99. The van der Waals surface area contributed by atoms with E-state index in [1.165, 1.54) is 48.4 Å². The molecule has 12 heteroatoms. The highest BCUT2D eigenvalue weighted by Crippen LogP contribution is 2.39. The number of carbonyl (C=O) groups excluding carboxylic acids is 2. The van der Waals surface area contributed by atoms with Crippen LogP contribution in [0.25, 0.3) is 0 Å². The van der Waals surface area contributed by atoms with Crippen LogP contribution in [-0.4, -0.2) is 39.5 Å². The van der Waals surface area contributed by atoms with Gasteiger partial charge in [0.15, 0.2) is 11.0 Å². The Morgan fingerprint density at radius 1 is 1.32 bits per heavy atom. The number of nitrogens with one attached hydrogen (secondary N) is 1. The Bertz CT molecular complexity index is 1230. The van der Waals surface area contributed by atoms with Gasteiger partial charge in [-0.05, 0) is 43.9 Å². The normalized spacial score (nSPS) is 12.5. The molecule has 0 aliphatic heterocycles. The lowest BCUT2D eigenvalue weighted by Crippen LogP contribution is -2.17. The van der Waals surface area contributed by atoms with Crippen LogP contribution < -0.4 is 10.1 Å². The van der Waals surface area contributed by atoms with Gasteiger partial charge in [-0.3, -0.25) is 4.79 Å². The quantitative estimate of drug-likeness (QED) is 0.319. The predicted molar refractivity (Wildman–Crippen MR) is 128 cm³/mol. The largest absolute Gasteiger partial charge is 0.486 e. The first-order valence-electron chi connectivity index (χ1n) is 10.6. The Balaban J connectivity index is 1.38. The van der Waals surface area contributed by atoms with Crippen molar-refractivity contribution in [3.05, 3.63) is 50.9 Å². The van der Waals surface area contributed by atoms with Crippen LogP contribution in [0.4, 0.5) is 9.39 Å². The van der Waals surface area contributed by atoms with E-state index in [0.717, 1.165) is 29.7 Å². The number of methoxy groups -OCH3 is 1. The van der Waals surface area contributed by atoms with Crippen molar-refractivity contribution >= 4 is 51.6 Å². The number of thioether (sulfide) groups is 1. The van der Waals surface area contributed by atoms with Crippen molar-refractivity contribution in [3.8, 4) is 5.75 Å². The number of hydrogen-bond donors (Lipinski definition) is 1. The number of anilines is 1. The summed E-state index contributed by atoms with van der Waals surface area (Å²) < 4.78 is 25.7. The van der Waals surface area contributed by atoms with Gasteiger partial charge in [0.05, 0.1) is 23.4 Å². The van der Waals surface area contributed by atoms with E-state index in [4.69, 9.17) is 21.1 Å². The van der Waals surface area contributed by atoms with Crippen LogP contribution in [0.1, 0.15) is 40.0 Å². The zero-order valence-electron chi connectivity index (χ0n) is 18.5. The third-order valence-electron chi connectivity index (χ3n) is 5.26. The molecule has 0 unspecified atom stereocenters. The third-order valence-corrected chi connectivity index (χ3v) is 7.73. The van der Waals surface area contributed by atoms with Crippen molar-refractivity contribution in [1.29, 1.82) is 0 Å². The van der Waals surface area contributed by atoms with Gasteiger partial charge in [0.1, 0.15) is 23.2 Å². The lowest BCUT2D eigenvalue weighted by atomic mass is 10.1. The molecular formula is C22H22ClFN4O4S2. The van der Waals surface area contributed by atoms with E-state index in [0.29, 0.717) is 33.8 Å². The van der Waals surface area contributed by atoms with Crippen LogP contribution in [0.15, 0.2) is 23.4 Å². The molecule has 180 valence electrons. The topological polar surface area (TPSA) is 95.3 Å². The molecule has 0 saturated heterocycles. The number of thiophene rings is 1. The smallest absolute Gasteiger partial charge is 0.341 e. The zero-order chi connectivity index (χ0) is 24.2. The summed E-state index contributed by atoms with van der Waals surface area (Å²) in [6.45, 7) is 2.62. The van der Waals surface area contributed by atoms with Crippen LogP contribution in [0, 0.1) is 5.82 Å². The van der Waals surface area contributed by atoms with Crippen LogP contribution >= 0.6 is 34.7 Å². The van der Waals surface area contributed by atoms with Gasteiger partial charge in [0.2, 0.25) is 5.91 Å². The zero-order valence-corrected chi connectivity index (χ0v) is 20.9. The Morgan fingerprint density at radius 3 is 2.88 bits per heavy atom. The summed E-state index contributed by atoms with van der Waals surface area (Å²) in [7, 11) is 1.34. The van der Waals surface area contributed by atoms with E-state index in [2.05, 4.69) is 15.5 Å². The minimum atomic E-state index is -0.520. The standard InChI is InChI=1S/C22H22ClFN4O4S2/c1-3-28-17(10-32-12-7-8-15(24)14(23)9-12)26-27-22(28)33-11-18(29)25-20-19(21(30)31-2)13-5-4-6-16(13)34-20/h7-9H,3-6,10-11H2,1-2H3,(H,25,29). The maximum absolute atomic E-state index is 13.3. The van der Waals surface area contributed by atoms with Crippen molar-refractivity contribution < 1.29 is 23.5 Å². The average Bonchev–Trinajstić information content (AvgIpc) is 3.52. The monoisotopic (exact) mass is 524 g/mol. The van der Waals surface area contributed by atoms with Crippen molar-refractivity contribution in [3.63, 3.8) is 0 Å². The Kier molecular flexibility index (Phi) is 7.74. The van der Waals surface area contributed by atoms with Crippen LogP contribution in [0.2, 0.25) is 5.02 Å².